The van der Waals surface area contributed by atoms with Crippen LogP contribution < -0.4 is 4.74 Å². The third kappa shape index (κ3) is 2.64. The lowest BCUT2D eigenvalue weighted by atomic mass is 10.1. The van der Waals surface area contributed by atoms with Crippen molar-refractivity contribution in [3.63, 3.8) is 0 Å². The highest BCUT2D eigenvalue weighted by atomic mass is 35.5. The Morgan fingerprint density at radius 1 is 1.06 bits per heavy atom. The second kappa shape index (κ2) is 5.12. The number of halogens is 1. The number of nitrogens with zero attached hydrogens (tertiary/aromatic N) is 1. The summed E-state index contributed by atoms with van der Waals surface area (Å²) in [6, 6.07) is 13.1. The lowest BCUT2D eigenvalue weighted by molar-refractivity contribution is 0.477. The molecule has 0 saturated carbocycles. The van der Waals surface area contributed by atoms with Gasteiger partial charge in [-0.15, -0.1) is 0 Å². The molecule has 0 unspecified atom stereocenters. The van der Waals surface area contributed by atoms with Gasteiger partial charge in [-0.3, -0.25) is 0 Å². The Kier molecular flexibility index (Phi) is 3.55. The van der Waals surface area contributed by atoms with E-state index in [9.17, 15) is 0 Å². The summed E-state index contributed by atoms with van der Waals surface area (Å²) < 4.78 is 5.76. The Hall–Kier alpha value is -1.98. The Labute approximate surface area is 111 Å². The Morgan fingerprint density at radius 3 is 2.56 bits per heavy atom. The third-order valence-electron chi connectivity index (χ3n) is 2.63. The van der Waals surface area contributed by atoms with Crippen LogP contribution in [0, 0.1) is 25.2 Å². The lowest BCUT2D eigenvalue weighted by Crippen LogP contribution is -1.91. The first-order valence-corrected chi connectivity index (χ1v) is 5.92. The summed E-state index contributed by atoms with van der Waals surface area (Å²) in [4.78, 5) is 0. The minimum atomic E-state index is 0.523. The van der Waals surface area contributed by atoms with Gasteiger partial charge in [0.2, 0.25) is 0 Å². The van der Waals surface area contributed by atoms with Crippen molar-refractivity contribution in [3.05, 3.63) is 58.1 Å². The van der Waals surface area contributed by atoms with Gasteiger partial charge < -0.3 is 4.74 Å². The molecular formula is C15H12ClNO. The first-order chi connectivity index (χ1) is 8.60. The van der Waals surface area contributed by atoms with Crippen LogP contribution in [0.5, 0.6) is 11.5 Å². The van der Waals surface area contributed by atoms with Crippen LogP contribution in [-0.2, 0) is 0 Å². The molecular weight excluding hydrogens is 246 g/mol. The van der Waals surface area contributed by atoms with Gasteiger partial charge >= 0.3 is 0 Å². The Bertz CT molecular complexity index is 629. The van der Waals surface area contributed by atoms with Crippen molar-refractivity contribution in [2.45, 2.75) is 13.8 Å². The number of hydrogen-bond donors (Lipinski definition) is 0. The molecule has 0 atom stereocenters. The third-order valence-corrected chi connectivity index (χ3v) is 2.86. The average molecular weight is 258 g/mol. The highest BCUT2D eigenvalue weighted by Crippen LogP contribution is 2.30. The zero-order valence-corrected chi connectivity index (χ0v) is 11.0. The van der Waals surface area contributed by atoms with Gasteiger partial charge in [0.15, 0.2) is 0 Å². The van der Waals surface area contributed by atoms with Gasteiger partial charge in [-0.1, -0.05) is 23.7 Å². The first kappa shape index (κ1) is 12.5. The van der Waals surface area contributed by atoms with Crippen LogP contribution in [-0.4, -0.2) is 0 Å². The van der Waals surface area contributed by atoms with Crippen LogP contribution in [0.15, 0.2) is 36.4 Å². The van der Waals surface area contributed by atoms with Gasteiger partial charge in [0.25, 0.3) is 0 Å². The van der Waals surface area contributed by atoms with Crippen molar-refractivity contribution < 1.29 is 4.74 Å². The van der Waals surface area contributed by atoms with Gasteiger partial charge in [-0.05, 0) is 49.2 Å². The van der Waals surface area contributed by atoms with Gasteiger partial charge in [0, 0.05) is 5.02 Å². The monoisotopic (exact) mass is 257 g/mol. The SMILES string of the molecule is Cc1ccc(Oc2cc(Cl)ccc2C)c(C#N)c1. The van der Waals surface area contributed by atoms with Crippen molar-refractivity contribution in [1.82, 2.24) is 0 Å². The average Bonchev–Trinajstić information content (AvgIpc) is 2.36. The largest absolute Gasteiger partial charge is 0.456 e. The second-order valence-electron chi connectivity index (χ2n) is 4.12. The molecule has 0 bridgehead atoms. The highest BCUT2D eigenvalue weighted by Gasteiger charge is 2.07. The number of hydrogen-bond acceptors (Lipinski definition) is 2. The molecule has 0 radical (unpaired) electrons. The molecule has 0 spiro atoms. The predicted molar refractivity (Wildman–Crippen MR) is 72.2 cm³/mol. The zero-order chi connectivity index (χ0) is 13.1. The highest BCUT2D eigenvalue weighted by molar-refractivity contribution is 6.30. The summed E-state index contributed by atoms with van der Waals surface area (Å²) in [6.07, 6.45) is 0. The molecule has 0 fully saturated rings. The number of aryl methyl sites for hydroxylation is 2. The number of ether oxygens (including phenoxy) is 1. The molecule has 90 valence electrons. The molecule has 2 rings (SSSR count). The van der Waals surface area contributed by atoms with E-state index in [4.69, 9.17) is 21.6 Å². The molecule has 2 aromatic rings. The van der Waals surface area contributed by atoms with Gasteiger partial charge in [-0.25, -0.2) is 0 Å². The molecule has 18 heavy (non-hydrogen) atoms. The summed E-state index contributed by atoms with van der Waals surface area (Å²) in [5.41, 5.74) is 2.53. The van der Waals surface area contributed by atoms with Crippen LogP contribution in [0.4, 0.5) is 0 Å². The van der Waals surface area contributed by atoms with E-state index in [-0.39, 0.29) is 0 Å². The maximum Gasteiger partial charge on any atom is 0.145 e. The zero-order valence-electron chi connectivity index (χ0n) is 10.2. The maximum atomic E-state index is 9.09. The quantitative estimate of drug-likeness (QED) is 0.786. The molecule has 0 amide bonds. The summed E-state index contributed by atoms with van der Waals surface area (Å²) >= 11 is 5.94. The van der Waals surface area contributed by atoms with Crippen molar-refractivity contribution in [1.29, 1.82) is 5.26 Å². The van der Waals surface area contributed by atoms with Crippen LogP contribution in [0.2, 0.25) is 5.02 Å². The molecule has 0 saturated heterocycles. The van der Waals surface area contributed by atoms with Gasteiger partial charge in [-0.2, -0.15) is 5.26 Å². The van der Waals surface area contributed by atoms with E-state index in [0.29, 0.717) is 22.1 Å². The minimum Gasteiger partial charge on any atom is -0.456 e. The molecule has 0 aliphatic heterocycles. The second-order valence-corrected chi connectivity index (χ2v) is 4.56. The molecule has 3 heteroatoms. The number of rotatable bonds is 2. The van der Waals surface area contributed by atoms with Crippen molar-refractivity contribution in [3.8, 4) is 17.6 Å². The Morgan fingerprint density at radius 2 is 1.83 bits per heavy atom. The summed E-state index contributed by atoms with van der Waals surface area (Å²) in [6.45, 7) is 3.88. The number of benzene rings is 2. The van der Waals surface area contributed by atoms with Gasteiger partial charge in [0.1, 0.15) is 17.6 Å². The molecule has 0 aliphatic carbocycles. The molecule has 0 aliphatic rings. The maximum absolute atomic E-state index is 9.09. The fourth-order valence-corrected chi connectivity index (χ4v) is 1.78. The normalized spacial score (nSPS) is 9.89. The fourth-order valence-electron chi connectivity index (χ4n) is 1.62. The summed E-state index contributed by atoms with van der Waals surface area (Å²) in [7, 11) is 0. The van der Waals surface area contributed by atoms with Crippen molar-refractivity contribution in [2.24, 2.45) is 0 Å². The van der Waals surface area contributed by atoms with Crippen LogP contribution in [0.25, 0.3) is 0 Å². The van der Waals surface area contributed by atoms with E-state index in [1.54, 1.807) is 18.2 Å². The predicted octanol–water partition coefficient (Wildman–Crippen LogP) is 4.62. The fraction of sp³-hybridized carbons (Fsp3) is 0.133. The summed E-state index contributed by atoms with van der Waals surface area (Å²) in [5.74, 6) is 1.22. The smallest absolute Gasteiger partial charge is 0.145 e. The van der Waals surface area contributed by atoms with E-state index in [1.807, 2.05) is 32.0 Å². The van der Waals surface area contributed by atoms with Crippen LogP contribution in [0.3, 0.4) is 0 Å². The lowest BCUT2D eigenvalue weighted by Gasteiger charge is -2.10. The van der Waals surface area contributed by atoms with E-state index < -0.39 is 0 Å². The molecule has 2 nitrogen and oxygen atoms in total. The molecule has 2 aromatic carbocycles. The first-order valence-electron chi connectivity index (χ1n) is 5.55. The molecule has 0 aromatic heterocycles. The molecule has 0 N–H and O–H groups in total. The van der Waals surface area contributed by atoms with Crippen molar-refractivity contribution >= 4 is 11.6 Å². The number of nitriles is 1. The summed E-state index contributed by atoms with van der Waals surface area (Å²) in [5, 5.41) is 9.70. The van der Waals surface area contributed by atoms with Crippen LogP contribution >= 0.6 is 11.6 Å². The molecule has 0 heterocycles. The topological polar surface area (TPSA) is 33.0 Å². The van der Waals surface area contributed by atoms with E-state index in [1.165, 1.54) is 0 Å². The van der Waals surface area contributed by atoms with Gasteiger partial charge in [0.05, 0.1) is 5.56 Å². The minimum absolute atomic E-state index is 0.523. The Balaban J connectivity index is 2.40. The van der Waals surface area contributed by atoms with E-state index in [2.05, 4.69) is 6.07 Å². The van der Waals surface area contributed by atoms with Crippen LogP contribution in [0.1, 0.15) is 16.7 Å². The van der Waals surface area contributed by atoms with E-state index in [0.717, 1.165) is 11.1 Å². The van der Waals surface area contributed by atoms with Crippen molar-refractivity contribution in [2.75, 3.05) is 0 Å². The van der Waals surface area contributed by atoms with E-state index >= 15 is 0 Å². The standard InChI is InChI=1S/C15H12ClNO/c1-10-3-6-14(12(7-10)9-17)18-15-8-13(16)5-4-11(15)2/h3-8H,1-2H3.